The van der Waals surface area contributed by atoms with Gasteiger partial charge in [-0.15, -0.1) is 0 Å². The molecule has 0 aliphatic heterocycles. The van der Waals surface area contributed by atoms with Crippen molar-refractivity contribution in [2.24, 2.45) is 23.2 Å². The first-order valence-corrected chi connectivity index (χ1v) is 9.60. The summed E-state index contributed by atoms with van der Waals surface area (Å²) < 4.78 is 0. The van der Waals surface area contributed by atoms with Gasteiger partial charge in [-0.05, 0) is 80.5 Å². The molecule has 5 rings (SSSR count). The molecule has 4 fully saturated rings. The van der Waals surface area contributed by atoms with Crippen LogP contribution in [0.4, 0.5) is 5.69 Å². The van der Waals surface area contributed by atoms with Crippen molar-refractivity contribution in [2.75, 3.05) is 5.32 Å². The van der Waals surface area contributed by atoms with Crippen molar-refractivity contribution in [1.29, 1.82) is 0 Å². The summed E-state index contributed by atoms with van der Waals surface area (Å²) in [7, 11) is 0. The maximum atomic E-state index is 13.0. The zero-order chi connectivity index (χ0) is 18.3. The number of carboxylic acid groups (broad SMARTS) is 1. The van der Waals surface area contributed by atoms with Crippen molar-refractivity contribution in [1.82, 2.24) is 0 Å². The molecule has 1 aromatic rings. The van der Waals surface area contributed by atoms with Crippen molar-refractivity contribution in [3.63, 3.8) is 0 Å². The molecule has 4 aliphatic carbocycles. The monoisotopic (exact) mass is 355 g/mol. The molecule has 0 atom stereocenters. The highest BCUT2D eigenvalue weighted by Gasteiger charge is 2.54. The van der Waals surface area contributed by atoms with Gasteiger partial charge in [-0.1, -0.05) is 0 Å². The first kappa shape index (κ1) is 17.3. The van der Waals surface area contributed by atoms with Gasteiger partial charge >= 0.3 is 5.97 Å². The normalized spacial score (nSPS) is 31.6. The first-order chi connectivity index (χ1) is 12.4. The molecule has 4 aliphatic rings. The Morgan fingerprint density at radius 3 is 1.96 bits per heavy atom. The van der Waals surface area contributed by atoms with Gasteiger partial charge in [-0.25, -0.2) is 0 Å². The van der Waals surface area contributed by atoms with Crippen LogP contribution in [0.25, 0.3) is 0 Å². The number of carbonyl (C=O) groups is 3. The number of Topliss-reactive ketones (excluding diaryl/α,β-unsaturated/α-hetero) is 1. The molecule has 1 aromatic carbocycles. The zero-order valence-corrected chi connectivity index (χ0v) is 14.9. The van der Waals surface area contributed by atoms with E-state index in [4.69, 9.17) is 5.11 Å². The van der Waals surface area contributed by atoms with Crippen LogP contribution in [0.5, 0.6) is 0 Å². The summed E-state index contributed by atoms with van der Waals surface area (Å²) in [6, 6.07) is 6.82. The van der Waals surface area contributed by atoms with Crippen LogP contribution in [-0.2, 0) is 9.59 Å². The summed E-state index contributed by atoms with van der Waals surface area (Å²) in [5, 5.41) is 11.7. The van der Waals surface area contributed by atoms with E-state index in [1.165, 1.54) is 19.3 Å². The zero-order valence-electron chi connectivity index (χ0n) is 14.9. The fourth-order valence-corrected chi connectivity index (χ4v) is 5.76. The molecule has 0 saturated heterocycles. The largest absolute Gasteiger partial charge is 0.481 e. The molecular formula is C21H25NO4. The van der Waals surface area contributed by atoms with Crippen LogP contribution >= 0.6 is 0 Å². The van der Waals surface area contributed by atoms with Crippen LogP contribution in [-0.4, -0.2) is 22.8 Å². The third-order valence-electron chi connectivity index (χ3n) is 6.55. The molecule has 0 radical (unpaired) electrons. The number of hydrogen-bond donors (Lipinski definition) is 2. The molecule has 26 heavy (non-hydrogen) atoms. The van der Waals surface area contributed by atoms with Gasteiger partial charge in [0.15, 0.2) is 5.78 Å². The van der Waals surface area contributed by atoms with E-state index in [2.05, 4.69) is 5.32 Å². The quantitative estimate of drug-likeness (QED) is 0.758. The van der Waals surface area contributed by atoms with E-state index in [-0.39, 0.29) is 29.9 Å². The number of aliphatic carboxylic acids is 1. The summed E-state index contributed by atoms with van der Waals surface area (Å²) >= 11 is 0. The number of amides is 1. The fraction of sp³-hybridized carbons (Fsp3) is 0.571. The summed E-state index contributed by atoms with van der Waals surface area (Å²) in [4.78, 5) is 35.6. The minimum Gasteiger partial charge on any atom is -0.481 e. The molecule has 5 nitrogen and oxygen atoms in total. The van der Waals surface area contributed by atoms with Gasteiger partial charge in [-0.3, -0.25) is 14.4 Å². The first-order valence-electron chi connectivity index (χ1n) is 9.60. The van der Waals surface area contributed by atoms with E-state index < -0.39 is 5.97 Å². The molecule has 1 amide bonds. The van der Waals surface area contributed by atoms with Crippen LogP contribution in [0, 0.1) is 23.2 Å². The minimum absolute atomic E-state index is 0.00564. The summed E-state index contributed by atoms with van der Waals surface area (Å²) in [5.74, 6) is 1.15. The highest BCUT2D eigenvalue weighted by molar-refractivity contribution is 5.99. The second-order valence-electron chi connectivity index (χ2n) is 8.55. The standard InChI is InChI=1S/C21H25NO4/c23-18(5-6-19(24)25)16-1-3-17(4-2-16)22-20(26)21-10-13-7-14(11-21)9-15(8-13)12-21/h1-4,13-15H,5-12H2,(H,22,26)(H,24,25). The fourth-order valence-electron chi connectivity index (χ4n) is 5.76. The molecule has 0 heterocycles. The van der Waals surface area contributed by atoms with Crippen LogP contribution in [0.2, 0.25) is 0 Å². The SMILES string of the molecule is O=C(O)CCC(=O)c1ccc(NC(=O)C23CC4CC(CC(C4)C2)C3)cc1. The highest BCUT2D eigenvalue weighted by Crippen LogP contribution is 2.60. The number of anilines is 1. The number of carbonyl (C=O) groups excluding carboxylic acids is 2. The van der Waals surface area contributed by atoms with Gasteiger partial charge in [-0.2, -0.15) is 0 Å². The van der Waals surface area contributed by atoms with Crippen molar-refractivity contribution in [3.05, 3.63) is 29.8 Å². The van der Waals surface area contributed by atoms with Crippen LogP contribution in [0.15, 0.2) is 24.3 Å². The van der Waals surface area contributed by atoms with E-state index in [9.17, 15) is 14.4 Å². The Morgan fingerprint density at radius 2 is 1.46 bits per heavy atom. The highest BCUT2D eigenvalue weighted by atomic mass is 16.4. The lowest BCUT2D eigenvalue weighted by Crippen LogP contribution is -2.51. The van der Waals surface area contributed by atoms with Gasteiger partial charge in [0.1, 0.15) is 0 Å². The molecule has 4 saturated carbocycles. The molecule has 2 N–H and O–H groups in total. The molecule has 0 unspecified atom stereocenters. The lowest BCUT2D eigenvalue weighted by Gasteiger charge is -2.55. The third kappa shape index (κ3) is 3.27. The lowest BCUT2D eigenvalue weighted by atomic mass is 9.49. The Kier molecular flexibility index (Phi) is 4.33. The van der Waals surface area contributed by atoms with E-state index in [1.54, 1.807) is 24.3 Å². The number of carboxylic acids is 1. The Labute approximate surface area is 153 Å². The van der Waals surface area contributed by atoms with Gasteiger partial charge < -0.3 is 10.4 Å². The molecule has 4 bridgehead atoms. The smallest absolute Gasteiger partial charge is 0.303 e. The van der Waals surface area contributed by atoms with E-state index in [0.29, 0.717) is 11.3 Å². The second kappa shape index (κ2) is 6.53. The predicted octanol–water partition coefficient (Wildman–Crippen LogP) is 3.89. The van der Waals surface area contributed by atoms with Crippen molar-refractivity contribution in [3.8, 4) is 0 Å². The number of ketones is 1. The number of hydrogen-bond acceptors (Lipinski definition) is 3. The van der Waals surface area contributed by atoms with Gasteiger partial charge in [0.2, 0.25) is 5.91 Å². The number of rotatable bonds is 6. The van der Waals surface area contributed by atoms with E-state index >= 15 is 0 Å². The Balaban J connectivity index is 1.40. The predicted molar refractivity (Wildman–Crippen MR) is 96.9 cm³/mol. The maximum absolute atomic E-state index is 13.0. The molecule has 0 spiro atoms. The molecule has 5 heteroatoms. The maximum Gasteiger partial charge on any atom is 0.303 e. The number of nitrogens with one attached hydrogen (secondary N) is 1. The molecular weight excluding hydrogens is 330 g/mol. The third-order valence-corrected chi connectivity index (χ3v) is 6.55. The van der Waals surface area contributed by atoms with Gasteiger partial charge in [0, 0.05) is 17.7 Å². The number of benzene rings is 1. The van der Waals surface area contributed by atoms with Crippen molar-refractivity contribution < 1.29 is 19.5 Å². The van der Waals surface area contributed by atoms with Crippen molar-refractivity contribution in [2.45, 2.75) is 51.4 Å². The Bertz CT molecular complexity index is 702. The van der Waals surface area contributed by atoms with Crippen molar-refractivity contribution >= 4 is 23.3 Å². The van der Waals surface area contributed by atoms with Crippen LogP contribution < -0.4 is 5.32 Å². The van der Waals surface area contributed by atoms with E-state index in [0.717, 1.165) is 37.0 Å². The van der Waals surface area contributed by atoms with Gasteiger partial charge in [0.05, 0.1) is 11.8 Å². The van der Waals surface area contributed by atoms with Crippen LogP contribution in [0.1, 0.15) is 61.7 Å². The average Bonchev–Trinajstić information content (AvgIpc) is 2.59. The summed E-state index contributed by atoms with van der Waals surface area (Å²) in [6.07, 6.45) is 6.82. The molecule has 0 aromatic heterocycles. The van der Waals surface area contributed by atoms with Crippen LogP contribution in [0.3, 0.4) is 0 Å². The second-order valence-corrected chi connectivity index (χ2v) is 8.55. The lowest BCUT2D eigenvalue weighted by molar-refractivity contribution is -0.140. The Hall–Kier alpha value is -2.17. The minimum atomic E-state index is -0.974. The average molecular weight is 355 g/mol. The topological polar surface area (TPSA) is 83.5 Å². The van der Waals surface area contributed by atoms with E-state index in [1.807, 2.05) is 0 Å². The summed E-state index contributed by atoms with van der Waals surface area (Å²) in [5.41, 5.74) is 1.00. The summed E-state index contributed by atoms with van der Waals surface area (Å²) in [6.45, 7) is 0. The van der Waals surface area contributed by atoms with Gasteiger partial charge in [0.25, 0.3) is 0 Å². The Morgan fingerprint density at radius 1 is 0.923 bits per heavy atom. The molecule has 138 valence electrons.